The standard InChI is InChI=1S/C49H49N5/c1-30-26-31(2)53-49-45-40(18-14-20-42(45)51(30)53)50(39-28-37(47(5,6)7)27-38(29-39)48(8,9)10)41-19-15-21-43(46(41)49)52-32(3)44(33(4)54(49)52)36-24-22-35(23-25-36)34-16-12-11-13-17-34/h11-29H,1-10H3/q+2. The molecular weight excluding hydrogens is 659 g/mol. The van der Waals surface area contributed by atoms with Gasteiger partial charge in [0.25, 0.3) is 0 Å². The van der Waals surface area contributed by atoms with Crippen molar-refractivity contribution in [3.05, 3.63) is 160 Å². The van der Waals surface area contributed by atoms with Gasteiger partial charge in [0, 0.05) is 25.6 Å². The van der Waals surface area contributed by atoms with Crippen LogP contribution in [0.4, 0.5) is 17.1 Å². The van der Waals surface area contributed by atoms with Crippen LogP contribution in [0, 0.1) is 27.7 Å². The molecular formula is C49H49N5+2. The van der Waals surface area contributed by atoms with Gasteiger partial charge in [0.15, 0.2) is 11.1 Å². The molecule has 5 nitrogen and oxygen atoms in total. The van der Waals surface area contributed by atoms with Crippen LogP contribution in [0.15, 0.2) is 115 Å². The molecule has 0 saturated carbocycles. The Labute approximate surface area is 319 Å². The van der Waals surface area contributed by atoms with Crippen molar-refractivity contribution < 1.29 is 9.36 Å². The molecule has 54 heavy (non-hydrogen) atoms. The van der Waals surface area contributed by atoms with Gasteiger partial charge >= 0.3 is 5.66 Å². The highest BCUT2D eigenvalue weighted by Crippen LogP contribution is 2.58. The number of benzene rings is 5. The molecule has 5 heteroatoms. The van der Waals surface area contributed by atoms with E-state index in [2.05, 4.69) is 208 Å². The van der Waals surface area contributed by atoms with Crippen molar-refractivity contribution in [2.45, 2.75) is 85.7 Å². The Kier molecular flexibility index (Phi) is 6.54. The van der Waals surface area contributed by atoms with Crippen LogP contribution < -0.4 is 14.3 Å². The minimum absolute atomic E-state index is 0.00660. The van der Waals surface area contributed by atoms with E-state index in [1.807, 2.05) is 0 Å². The lowest BCUT2D eigenvalue weighted by atomic mass is 9.79. The van der Waals surface area contributed by atoms with Gasteiger partial charge in [-0.3, -0.25) is 0 Å². The zero-order valence-corrected chi connectivity index (χ0v) is 33.2. The highest BCUT2D eigenvalue weighted by molar-refractivity contribution is 5.90. The van der Waals surface area contributed by atoms with Gasteiger partial charge in [-0.2, -0.15) is 0 Å². The largest absolute Gasteiger partial charge is 0.466 e. The lowest BCUT2D eigenvalue weighted by molar-refractivity contribution is -1.02. The summed E-state index contributed by atoms with van der Waals surface area (Å²) in [6.07, 6.45) is 0. The minimum atomic E-state index is -0.627. The van der Waals surface area contributed by atoms with Crippen LogP contribution in [0.5, 0.6) is 0 Å². The fraction of sp³-hybridized carbons (Fsp3) is 0.265. The summed E-state index contributed by atoms with van der Waals surface area (Å²) in [5, 5.41) is 0. The van der Waals surface area contributed by atoms with Crippen LogP contribution in [0.1, 0.15) is 86.6 Å². The number of fused-ring (bicyclic) bond motifs is 4. The molecule has 268 valence electrons. The Balaban J connectivity index is 1.30. The number of anilines is 3. The zero-order chi connectivity index (χ0) is 37.6. The minimum Gasteiger partial charge on any atom is -0.309 e. The molecule has 0 amide bonds. The molecule has 0 fully saturated rings. The maximum Gasteiger partial charge on any atom is 0.466 e. The van der Waals surface area contributed by atoms with Crippen molar-refractivity contribution in [2.24, 2.45) is 0 Å². The van der Waals surface area contributed by atoms with Gasteiger partial charge in [-0.15, -0.1) is 9.36 Å². The Morgan fingerprint density at radius 1 is 0.500 bits per heavy atom. The van der Waals surface area contributed by atoms with E-state index >= 15 is 0 Å². The van der Waals surface area contributed by atoms with E-state index in [1.165, 1.54) is 95.7 Å². The third-order valence-corrected chi connectivity index (χ3v) is 12.3. The molecule has 2 aromatic heterocycles. The van der Waals surface area contributed by atoms with Crippen LogP contribution in [0.3, 0.4) is 0 Å². The second kappa shape index (κ2) is 10.7. The van der Waals surface area contributed by atoms with E-state index in [-0.39, 0.29) is 10.8 Å². The van der Waals surface area contributed by atoms with Crippen LogP contribution in [-0.2, 0) is 16.5 Å². The van der Waals surface area contributed by atoms with Gasteiger partial charge in [-0.05, 0) is 98.3 Å². The molecule has 3 aliphatic rings. The molecule has 10 rings (SSSR count). The second-order valence-corrected chi connectivity index (χ2v) is 17.8. The van der Waals surface area contributed by atoms with Gasteiger partial charge in [-0.1, -0.05) is 114 Å². The molecule has 5 heterocycles. The van der Waals surface area contributed by atoms with Crippen LogP contribution in [-0.4, -0.2) is 9.36 Å². The highest BCUT2D eigenvalue weighted by Gasteiger charge is 2.75. The number of rotatable bonds is 3. The molecule has 0 aliphatic carbocycles. The summed E-state index contributed by atoms with van der Waals surface area (Å²) in [5.41, 5.74) is 20.8. The fourth-order valence-electron chi connectivity index (χ4n) is 9.91. The maximum absolute atomic E-state index is 2.62. The van der Waals surface area contributed by atoms with E-state index < -0.39 is 5.66 Å². The van der Waals surface area contributed by atoms with E-state index in [1.54, 1.807) is 0 Å². The lowest BCUT2D eigenvalue weighted by Crippen LogP contribution is -2.76. The zero-order valence-electron chi connectivity index (χ0n) is 33.2. The molecule has 1 unspecified atom stereocenters. The van der Waals surface area contributed by atoms with E-state index in [0.29, 0.717) is 0 Å². The molecule has 7 aromatic rings. The monoisotopic (exact) mass is 707 g/mol. The van der Waals surface area contributed by atoms with Gasteiger partial charge in [0.2, 0.25) is 11.4 Å². The maximum atomic E-state index is 2.62. The summed E-state index contributed by atoms with van der Waals surface area (Å²) in [6.45, 7) is 23.2. The Morgan fingerprint density at radius 3 is 1.59 bits per heavy atom. The number of aromatic nitrogens is 4. The number of hydrogen-bond acceptors (Lipinski definition) is 1. The number of nitrogens with zero attached hydrogens (tertiary/aromatic N) is 5. The van der Waals surface area contributed by atoms with Gasteiger partial charge in [0.1, 0.15) is 11.4 Å². The van der Waals surface area contributed by atoms with Crippen LogP contribution in [0.25, 0.3) is 33.6 Å². The summed E-state index contributed by atoms with van der Waals surface area (Å²) in [7, 11) is 0. The molecule has 5 aromatic carbocycles. The topological polar surface area (TPSA) is 20.9 Å². The predicted molar refractivity (Wildman–Crippen MR) is 219 cm³/mol. The first-order valence-corrected chi connectivity index (χ1v) is 19.4. The quantitative estimate of drug-likeness (QED) is 0.168. The number of aryl methyl sites for hydroxylation is 2. The van der Waals surface area contributed by atoms with E-state index in [0.717, 1.165) is 0 Å². The molecule has 0 radical (unpaired) electrons. The molecule has 1 atom stereocenters. The van der Waals surface area contributed by atoms with Gasteiger partial charge in [0.05, 0.1) is 28.3 Å². The lowest BCUT2D eigenvalue weighted by Gasteiger charge is -2.36. The third-order valence-electron chi connectivity index (χ3n) is 12.3. The molecule has 1 spiro atoms. The van der Waals surface area contributed by atoms with E-state index in [4.69, 9.17) is 0 Å². The third kappa shape index (κ3) is 4.10. The van der Waals surface area contributed by atoms with Crippen molar-refractivity contribution in [3.8, 4) is 33.6 Å². The number of hydrogen-bond donors (Lipinski definition) is 0. The van der Waals surface area contributed by atoms with Crippen LogP contribution in [0.2, 0.25) is 0 Å². The highest BCUT2D eigenvalue weighted by atomic mass is 15.6. The summed E-state index contributed by atoms with van der Waals surface area (Å²) < 4.78 is 10.2. The average molecular weight is 708 g/mol. The first-order valence-electron chi connectivity index (χ1n) is 19.4. The SMILES string of the molecule is Cc1cc(C)[n+]2n1-c1cccc3c1C21c2c(cccc2-n2c(C)c(-c4ccc(-c5ccccc5)cc4)c(C)[n+]21)N3c1cc(C(C)(C)C)cc(C(C)(C)C)c1. The Morgan fingerprint density at radius 2 is 1.02 bits per heavy atom. The van der Waals surface area contributed by atoms with Crippen molar-refractivity contribution in [2.75, 3.05) is 4.90 Å². The van der Waals surface area contributed by atoms with Gasteiger partial charge in [-0.25, -0.2) is 0 Å². The smallest absolute Gasteiger partial charge is 0.309 e. The Bertz CT molecular complexity index is 2680. The first kappa shape index (κ1) is 32.9. The van der Waals surface area contributed by atoms with Crippen molar-refractivity contribution in [1.29, 1.82) is 0 Å². The summed E-state index contributed by atoms with van der Waals surface area (Å²) >= 11 is 0. The fourth-order valence-corrected chi connectivity index (χ4v) is 9.91. The van der Waals surface area contributed by atoms with Gasteiger partial charge < -0.3 is 4.90 Å². The molecule has 0 bridgehead atoms. The molecule has 0 N–H and O–H groups in total. The summed E-state index contributed by atoms with van der Waals surface area (Å²) in [6, 6.07) is 43.4. The van der Waals surface area contributed by atoms with Crippen LogP contribution >= 0.6 is 0 Å². The second-order valence-electron chi connectivity index (χ2n) is 17.8. The van der Waals surface area contributed by atoms with Crippen molar-refractivity contribution in [1.82, 2.24) is 9.36 Å². The summed E-state index contributed by atoms with van der Waals surface area (Å²) in [4.78, 5) is 2.57. The summed E-state index contributed by atoms with van der Waals surface area (Å²) in [5.74, 6) is 0. The first-order chi connectivity index (χ1) is 25.7. The Hall–Kier alpha value is -5.68. The van der Waals surface area contributed by atoms with Crippen molar-refractivity contribution in [3.63, 3.8) is 0 Å². The predicted octanol–water partition coefficient (Wildman–Crippen LogP) is 10.7. The molecule has 0 saturated heterocycles. The molecule has 3 aliphatic heterocycles. The van der Waals surface area contributed by atoms with Crippen molar-refractivity contribution >= 4 is 17.1 Å². The normalized spacial score (nSPS) is 16.4. The average Bonchev–Trinajstić information content (AvgIpc) is 3.82. The van der Waals surface area contributed by atoms with E-state index in [9.17, 15) is 0 Å².